The molecule has 0 amide bonds. The number of aromatic nitrogens is 3. The molecule has 0 bridgehead atoms. The Kier molecular flexibility index (Phi) is 4.00. The predicted molar refractivity (Wildman–Crippen MR) is 103 cm³/mol. The summed E-state index contributed by atoms with van der Waals surface area (Å²) in [6, 6.07) is 10.8. The SMILES string of the molecule is COc1ccc2[nH]c3c(=O)n(N=Cc4ccc([N+](=O)[O-])cc4)c(=O)[nH]c3c2c1. The minimum absolute atomic E-state index is 0.0675. The average molecular weight is 379 g/mol. The van der Waals surface area contributed by atoms with Crippen molar-refractivity contribution in [3.05, 3.63) is 79.0 Å². The smallest absolute Gasteiger partial charge is 0.350 e. The molecule has 0 saturated carbocycles. The molecule has 0 aliphatic rings. The lowest BCUT2D eigenvalue weighted by Crippen LogP contribution is -2.32. The lowest BCUT2D eigenvalue weighted by molar-refractivity contribution is -0.384. The van der Waals surface area contributed by atoms with E-state index in [1.54, 1.807) is 18.2 Å². The Morgan fingerprint density at radius 3 is 2.54 bits per heavy atom. The lowest BCUT2D eigenvalue weighted by Gasteiger charge is -1.99. The highest BCUT2D eigenvalue weighted by Gasteiger charge is 2.13. The Morgan fingerprint density at radius 2 is 1.86 bits per heavy atom. The summed E-state index contributed by atoms with van der Waals surface area (Å²) in [5, 5.41) is 15.3. The van der Waals surface area contributed by atoms with Crippen LogP contribution in [0, 0.1) is 10.1 Å². The molecule has 4 aromatic rings. The Morgan fingerprint density at radius 1 is 1.11 bits per heavy atom. The van der Waals surface area contributed by atoms with E-state index in [1.165, 1.54) is 37.6 Å². The highest BCUT2D eigenvalue weighted by atomic mass is 16.6. The number of nitrogens with zero attached hydrogens (tertiary/aromatic N) is 3. The van der Waals surface area contributed by atoms with Gasteiger partial charge in [-0.1, -0.05) is 0 Å². The van der Waals surface area contributed by atoms with Crippen LogP contribution in [0.1, 0.15) is 5.56 Å². The number of ether oxygens (including phenoxy) is 1. The van der Waals surface area contributed by atoms with E-state index < -0.39 is 16.2 Å². The van der Waals surface area contributed by atoms with E-state index in [4.69, 9.17) is 4.74 Å². The fraction of sp³-hybridized carbons (Fsp3) is 0.0556. The van der Waals surface area contributed by atoms with E-state index >= 15 is 0 Å². The summed E-state index contributed by atoms with van der Waals surface area (Å²) in [7, 11) is 1.53. The van der Waals surface area contributed by atoms with Gasteiger partial charge in [0.2, 0.25) is 0 Å². The maximum absolute atomic E-state index is 12.7. The van der Waals surface area contributed by atoms with Crippen LogP contribution in [0.4, 0.5) is 5.69 Å². The van der Waals surface area contributed by atoms with Crippen LogP contribution in [-0.4, -0.2) is 32.9 Å². The number of nitrogens with one attached hydrogen (secondary N) is 2. The fourth-order valence-corrected chi connectivity index (χ4v) is 2.86. The normalized spacial score (nSPS) is 11.5. The Balaban J connectivity index is 1.81. The minimum atomic E-state index is -0.709. The molecule has 0 aliphatic heterocycles. The van der Waals surface area contributed by atoms with E-state index in [1.807, 2.05) is 0 Å². The molecule has 0 unspecified atom stereocenters. The molecule has 140 valence electrons. The molecule has 0 saturated heterocycles. The van der Waals surface area contributed by atoms with Crippen molar-refractivity contribution in [2.45, 2.75) is 0 Å². The number of methoxy groups -OCH3 is 1. The van der Waals surface area contributed by atoms with Crippen LogP contribution in [0.5, 0.6) is 5.75 Å². The number of nitro benzene ring substituents is 1. The zero-order valence-electron chi connectivity index (χ0n) is 14.5. The lowest BCUT2D eigenvalue weighted by atomic mass is 10.2. The molecular formula is C18H13N5O5. The van der Waals surface area contributed by atoms with Gasteiger partial charge in [-0.15, -0.1) is 4.68 Å². The number of rotatable bonds is 4. The van der Waals surface area contributed by atoms with Gasteiger partial charge in [0.05, 0.1) is 23.8 Å². The maximum Gasteiger partial charge on any atom is 0.350 e. The zero-order valence-corrected chi connectivity index (χ0v) is 14.5. The van der Waals surface area contributed by atoms with Crippen molar-refractivity contribution >= 4 is 33.8 Å². The Bertz CT molecular complexity index is 1360. The van der Waals surface area contributed by atoms with Crippen molar-refractivity contribution in [3.63, 3.8) is 0 Å². The second-order valence-electron chi connectivity index (χ2n) is 5.93. The molecule has 2 aromatic carbocycles. The summed E-state index contributed by atoms with van der Waals surface area (Å²) >= 11 is 0. The third kappa shape index (κ3) is 2.82. The summed E-state index contributed by atoms with van der Waals surface area (Å²) in [4.78, 5) is 40.9. The van der Waals surface area contributed by atoms with Crippen LogP contribution in [0.3, 0.4) is 0 Å². The largest absolute Gasteiger partial charge is 0.497 e. The van der Waals surface area contributed by atoms with Gasteiger partial charge in [-0.2, -0.15) is 5.10 Å². The van der Waals surface area contributed by atoms with Crippen molar-refractivity contribution in [1.82, 2.24) is 14.6 Å². The number of benzene rings is 2. The van der Waals surface area contributed by atoms with E-state index in [9.17, 15) is 19.7 Å². The van der Waals surface area contributed by atoms with Crippen LogP contribution in [0.15, 0.2) is 57.2 Å². The number of fused-ring (bicyclic) bond motifs is 3. The molecule has 10 nitrogen and oxygen atoms in total. The number of hydrogen-bond donors (Lipinski definition) is 2. The van der Waals surface area contributed by atoms with Gasteiger partial charge >= 0.3 is 11.2 Å². The van der Waals surface area contributed by atoms with Gasteiger partial charge in [-0.25, -0.2) is 4.79 Å². The van der Waals surface area contributed by atoms with Crippen molar-refractivity contribution < 1.29 is 9.66 Å². The van der Waals surface area contributed by atoms with Crippen LogP contribution in [0.2, 0.25) is 0 Å². The first kappa shape index (κ1) is 17.2. The first-order valence-corrected chi connectivity index (χ1v) is 8.11. The predicted octanol–water partition coefficient (Wildman–Crippen LogP) is 1.97. The number of non-ortho nitro benzene ring substituents is 1. The van der Waals surface area contributed by atoms with Crippen molar-refractivity contribution in [2.24, 2.45) is 5.10 Å². The Hall–Kier alpha value is -4.21. The molecule has 10 heteroatoms. The third-order valence-corrected chi connectivity index (χ3v) is 4.26. The average Bonchev–Trinajstić information content (AvgIpc) is 3.06. The van der Waals surface area contributed by atoms with Crippen LogP contribution < -0.4 is 16.0 Å². The van der Waals surface area contributed by atoms with Crippen LogP contribution >= 0.6 is 0 Å². The number of H-pyrrole nitrogens is 2. The summed E-state index contributed by atoms with van der Waals surface area (Å²) in [6.45, 7) is 0. The molecule has 4 rings (SSSR count). The molecule has 28 heavy (non-hydrogen) atoms. The molecule has 0 fully saturated rings. The van der Waals surface area contributed by atoms with Gasteiger partial charge in [0.1, 0.15) is 11.3 Å². The Labute approximate surface area is 155 Å². The minimum Gasteiger partial charge on any atom is -0.497 e. The number of hydrogen-bond acceptors (Lipinski definition) is 6. The summed E-state index contributed by atoms with van der Waals surface area (Å²) in [5.74, 6) is 0.592. The molecule has 0 spiro atoms. The molecule has 2 heterocycles. The van der Waals surface area contributed by atoms with Gasteiger partial charge in [-0.05, 0) is 35.9 Å². The molecule has 2 N–H and O–H groups in total. The monoisotopic (exact) mass is 379 g/mol. The van der Waals surface area contributed by atoms with Crippen molar-refractivity contribution in [1.29, 1.82) is 0 Å². The van der Waals surface area contributed by atoms with E-state index in [-0.39, 0.29) is 11.2 Å². The second-order valence-corrected chi connectivity index (χ2v) is 5.93. The van der Waals surface area contributed by atoms with Gasteiger partial charge in [0.15, 0.2) is 0 Å². The van der Waals surface area contributed by atoms with Gasteiger partial charge in [-0.3, -0.25) is 14.9 Å². The van der Waals surface area contributed by atoms with Crippen molar-refractivity contribution in [2.75, 3.05) is 7.11 Å². The standard InChI is InChI=1S/C18H13N5O5/c1-28-12-6-7-14-13(8-12)15-16(20-14)17(24)22(18(25)21-15)19-9-10-2-4-11(5-3-10)23(26)27/h2-9,20H,1H3,(H,21,25). The van der Waals surface area contributed by atoms with Crippen LogP contribution in [0.25, 0.3) is 21.9 Å². The summed E-state index contributed by atoms with van der Waals surface area (Å²) in [5.41, 5.74) is 0.335. The van der Waals surface area contributed by atoms with Gasteiger partial charge < -0.3 is 14.7 Å². The highest BCUT2D eigenvalue weighted by Crippen LogP contribution is 2.25. The topological polar surface area (TPSA) is 135 Å². The van der Waals surface area contributed by atoms with E-state index in [2.05, 4.69) is 15.1 Å². The van der Waals surface area contributed by atoms with Gasteiger partial charge in [0.25, 0.3) is 5.69 Å². The summed E-state index contributed by atoms with van der Waals surface area (Å²) < 4.78 is 5.87. The van der Waals surface area contributed by atoms with Gasteiger partial charge in [0, 0.05) is 23.0 Å². The number of nitro groups is 1. The maximum atomic E-state index is 12.7. The first-order chi connectivity index (χ1) is 13.5. The molecule has 0 aliphatic carbocycles. The quantitative estimate of drug-likeness (QED) is 0.317. The molecule has 0 atom stereocenters. The molecule has 2 aromatic heterocycles. The van der Waals surface area contributed by atoms with E-state index in [0.29, 0.717) is 32.4 Å². The van der Waals surface area contributed by atoms with Crippen molar-refractivity contribution in [3.8, 4) is 5.75 Å². The molecular weight excluding hydrogens is 366 g/mol. The van der Waals surface area contributed by atoms with Crippen LogP contribution in [-0.2, 0) is 0 Å². The fourth-order valence-electron chi connectivity index (χ4n) is 2.86. The molecule has 0 radical (unpaired) electrons. The summed E-state index contributed by atoms with van der Waals surface area (Å²) in [6.07, 6.45) is 1.28. The number of aromatic amines is 2. The van der Waals surface area contributed by atoms with E-state index in [0.717, 1.165) is 0 Å². The highest BCUT2D eigenvalue weighted by molar-refractivity contribution is 6.04. The first-order valence-electron chi connectivity index (χ1n) is 8.11. The zero-order chi connectivity index (χ0) is 19.8. The third-order valence-electron chi connectivity index (χ3n) is 4.26. The second kappa shape index (κ2) is 6.50.